The van der Waals surface area contributed by atoms with Gasteiger partial charge in [0.1, 0.15) is 19.3 Å². The fraction of sp³-hybridized carbons (Fsp3) is 0.941. The molecule has 0 rings (SSSR count). The lowest BCUT2D eigenvalue weighted by atomic mass is 9.99. The fourth-order valence-corrected chi connectivity index (χ4v) is 11.7. The summed E-state index contributed by atoms with van der Waals surface area (Å²) in [4.78, 5) is 72.4. The summed E-state index contributed by atoms with van der Waals surface area (Å²) in [6, 6.07) is 0. The molecule has 17 nitrogen and oxygen atoms in total. The second-order valence-electron chi connectivity index (χ2n) is 26.0. The second-order valence-corrected chi connectivity index (χ2v) is 28.9. The Hall–Kier alpha value is -1.94. The van der Waals surface area contributed by atoms with Crippen molar-refractivity contribution in [3.8, 4) is 0 Å². The highest BCUT2D eigenvalue weighted by Crippen LogP contribution is 2.45. The number of hydrogen-bond acceptors (Lipinski definition) is 15. The van der Waals surface area contributed by atoms with Crippen LogP contribution in [0, 0.1) is 23.7 Å². The summed E-state index contributed by atoms with van der Waals surface area (Å²) >= 11 is 0. The normalized spacial score (nSPS) is 15.0. The van der Waals surface area contributed by atoms with E-state index in [1.807, 2.05) is 0 Å². The van der Waals surface area contributed by atoms with E-state index in [4.69, 9.17) is 37.0 Å². The topological polar surface area (TPSA) is 237 Å². The Morgan fingerprint density at radius 1 is 0.322 bits per heavy atom. The molecule has 0 aromatic carbocycles. The average Bonchev–Trinajstić information content (AvgIpc) is 3.69. The van der Waals surface area contributed by atoms with Gasteiger partial charge in [0.15, 0.2) is 12.2 Å². The van der Waals surface area contributed by atoms with Crippen molar-refractivity contribution >= 4 is 39.5 Å². The van der Waals surface area contributed by atoms with Crippen molar-refractivity contribution in [3.63, 3.8) is 0 Å². The van der Waals surface area contributed by atoms with Crippen LogP contribution in [0.4, 0.5) is 0 Å². The molecule has 4 unspecified atom stereocenters. The van der Waals surface area contributed by atoms with Crippen LogP contribution in [-0.2, 0) is 65.4 Å². The number of hydrogen-bond donors (Lipinski definition) is 3. The van der Waals surface area contributed by atoms with Gasteiger partial charge < -0.3 is 33.8 Å². The van der Waals surface area contributed by atoms with Crippen molar-refractivity contribution in [1.82, 2.24) is 0 Å². The Balaban J connectivity index is 5.23. The molecule has 0 aliphatic carbocycles. The fourth-order valence-electron chi connectivity index (χ4n) is 10.1. The molecule has 0 amide bonds. The standard InChI is InChI=1S/C68H132O17P2/c1-9-60(7)46-38-30-21-17-14-15-18-22-32-40-48-65(70)78-54-64(85-68(73)51-43-35-26-24-29-37-45-59(5)6)57-83-87(76,77)81-53-62(69)52-80-86(74,75)82-56-63(55-79-66(71)49-41-33-27-25-31-39-47-61(8)10-2)84-67(72)50-42-34-23-19-13-11-12-16-20-28-36-44-58(3)4/h58-64,69H,9-57H2,1-8H3,(H,74,75)(H,76,77)/t60?,61?,62-,63+,64+/m0/s1. The van der Waals surface area contributed by atoms with Gasteiger partial charge in [0, 0.05) is 25.7 Å². The van der Waals surface area contributed by atoms with Crippen LogP contribution in [0.25, 0.3) is 0 Å². The molecule has 0 aromatic rings. The number of esters is 4. The summed E-state index contributed by atoms with van der Waals surface area (Å²) in [6.07, 6.45) is 39.0. The molecule has 0 heterocycles. The van der Waals surface area contributed by atoms with Gasteiger partial charge in [-0.25, -0.2) is 9.13 Å². The number of phosphoric acid groups is 2. The van der Waals surface area contributed by atoms with E-state index in [9.17, 15) is 43.2 Å². The van der Waals surface area contributed by atoms with E-state index in [0.29, 0.717) is 31.6 Å². The van der Waals surface area contributed by atoms with Crippen molar-refractivity contribution in [2.24, 2.45) is 23.7 Å². The second kappa shape index (κ2) is 57.9. The van der Waals surface area contributed by atoms with Crippen molar-refractivity contribution in [1.29, 1.82) is 0 Å². The monoisotopic (exact) mass is 1280 g/mol. The first-order valence-electron chi connectivity index (χ1n) is 35.3. The van der Waals surface area contributed by atoms with Gasteiger partial charge in [0.2, 0.25) is 0 Å². The molecule has 0 bridgehead atoms. The van der Waals surface area contributed by atoms with Gasteiger partial charge in [0.25, 0.3) is 0 Å². The highest BCUT2D eigenvalue weighted by Gasteiger charge is 2.30. The third kappa shape index (κ3) is 60.1. The number of carbonyl (C=O) groups excluding carboxylic acids is 4. The van der Waals surface area contributed by atoms with Crippen molar-refractivity contribution < 1.29 is 80.2 Å². The minimum absolute atomic E-state index is 0.101. The number of aliphatic hydroxyl groups is 1. The zero-order valence-corrected chi connectivity index (χ0v) is 58.4. The van der Waals surface area contributed by atoms with Crippen LogP contribution in [0.1, 0.15) is 331 Å². The van der Waals surface area contributed by atoms with E-state index in [-0.39, 0.29) is 25.7 Å². The predicted octanol–water partition coefficient (Wildman–Crippen LogP) is 18.9. The van der Waals surface area contributed by atoms with Crippen LogP contribution in [0.2, 0.25) is 0 Å². The van der Waals surface area contributed by atoms with Gasteiger partial charge in [0.05, 0.1) is 26.4 Å². The number of rotatable bonds is 65. The highest BCUT2D eigenvalue weighted by molar-refractivity contribution is 7.47. The molecule has 0 saturated heterocycles. The van der Waals surface area contributed by atoms with E-state index >= 15 is 0 Å². The quantitative estimate of drug-likeness (QED) is 0.0222. The summed E-state index contributed by atoms with van der Waals surface area (Å²) in [5.41, 5.74) is 0. The first-order chi connectivity index (χ1) is 41.7. The lowest BCUT2D eigenvalue weighted by molar-refractivity contribution is -0.161. The summed E-state index contributed by atoms with van der Waals surface area (Å²) in [6.45, 7) is 14.0. The number of ether oxygens (including phenoxy) is 4. The zero-order chi connectivity index (χ0) is 64.7. The smallest absolute Gasteiger partial charge is 0.462 e. The van der Waals surface area contributed by atoms with E-state index in [2.05, 4.69) is 55.4 Å². The molecule has 87 heavy (non-hydrogen) atoms. The molecule has 0 aliphatic rings. The molecule has 0 saturated carbocycles. The molecule has 19 heteroatoms. The largest absolute Gasteiger partial charge is 0.472 e. The average molecular weight is 1280 g/mol. The van der Waals surface area contributed by atoms with E-state index in [1.165, 1.54) is 128 Å². The van der Waals surface area contributed by atoms with E-state index in [0.717, 1.165) is 114 Å². The van der Waals surface area contributed by atoms with E-state index in [1.54, 1.807) is 0 Å². The summed E-state index contributed by atoms with van der Waals surface area (Å²) in [5, 5.41) is 10.6. The molecule has 3 N–H and O–H groups in total. The van der Waals surface area contributed by atoms with Crippen molar-refractivity contribution in [2.75, 3.05) is 39.6 Å². The number of phosphoric ester groups is 2. The lowest BCUT2D eigenvalue weighted by Crippen LogP contribution is -2.30. The molecule has 0 aromatic heterocycles. The van der Waals surface area contributed by atoms with Gasteiger partial charge in [-0.2, -0.15) is 0 Å². The molecule has 0 aliphatic heterocycles. The van der Waals surface area contributed by atoms with Gasteiger partial charge in [-0.1, -0.05) is 280 Å². The first-order valence-corrected chi connectivity index (χ1v) is 38.3. The van der Waals surface area contributed by atoms with Crippen LogP contribution in [0.5, 0.6) is 0 Å². The lowest BCUT2D eigenvalue weighted by Gasteiger charge is -2.21. The highest BCUT2D eigenvalue weighted by atomic mass is 31.2. The van der Waals surface area contributed by atoms with Crippen LogP contribution in [0.15, 0.2) is 0 Å². The van der Waals surface area contributed by atoms with Gasteiger partial charge in [-0.15, -0.1) is 0 Å². The maximum Gasteiger partial charge on any atom is 0.472 e. The zero-order valence-electron chi connectivity index (χ0n) is 56.6. The van der Waals surface area contributed by atoms with Crippen LogP contribution in [0.3, 0.4) is 0 Å². The third-order valence-corrected chi connectivity index (χ3v) is 18.2. The molecular formula is C68H132O17P2. The number of carbonyl (C=O) groups is 4. The van der Waals surface area contributed by atoms with Crippen LogP contribution < -0.4 is 0 Å². The van der Waals surface area contributed by atoms with Crippen LogP contribution >= 0.6 is 15.6 Å². The Morgan fingerprint density at radius 3 is 0.816 bits per heavy atom. The van der Waals surface area contributed by atoms with Crippen molar-refractivity contribution in [3.05, 3.63) is 0 Å². The third-order valence-electron chi connectivity index (χ3n) is 16.3. The first kappa shape index (κ1) is 85.1. The summed E-state index contributed by atoms with van der Waals surface area (Å²) in [5.74, 6) is 0.838. The molecule has 0 radical (unpaired) electrons. The SMILES string of the molecule is CCC(C)CCCCCCCCCCCCC(=O)OC[C@H](COP(=O)(O)OC[C@@H](O)COP(=O)(O)OC[C@@H](COC(=O)CCCCCCCCC(C)CC)OC(=O)CCCCCCCCCCCCCC(C)C)OC(=O)CCCCCCCCC(C)C. The Labute approximate surface area is 530 Å². The Kier molecular flexibility index (Phi) is 56.6. The van der Waals surface area contributed by atoms with Gasteiger partial charge in [-0.3, -0.25) is 37.3 Å². The van der Waals surface area contributed by atoms with E-state index < -0.39 is 97.5 Å². The maximum absolute atomic E-state index is 13.0. The maximum atomic E-state index is 13.0. The minimum atomic E-state index is -4.95. The van der Waals surface area contributed by atoms with Gasteiger partial charge >= 0.3 is 39.5 Å². The molecule has 7 atom stereocenters. The molecule has 516 valence electrons. The Bertz CT molecular complexity index is 1730. The molecular weight excluding hydrogens is 1150 g/mol. The minimum Gasteiger partial charge on any atom is -0.462 e. The number of unbranched alkanes of at least 4 members (excludes halogenated alkanes) is 29. The molecule has 0 fully saturated rings. The summed E-state index contributed by atoms with van der Waals surface area (Å²) in [7, 11) is -9.90. The van der Waals surface area contributed by atoms with Crippen LogP contribution in [-0.4, -0.2) is 96.7 Å². The number of aliphatic hydroxyl groups excluding tert-OH is 1. The molecule has 0 spiro atoms. The predicted molar refractivity (Wildman–Crippen MR) is 349 cm³/mol. The van der Waals surface area contributed by atoms with Crippen molar-refractivity contribution in [2.45, 2.75) is 350 Å². The Morgan fingerprint density at radius 2 is 0.552 bits per heavy atom. The summed E-state index contributed by atoms with van der Waals surface area (Å²) < 4.78 is 68.1. The van der Waals surface area contributed by atoms with Gasteiger partial charge in [-0.05, 0) is 49.4 Å².